The number of nitrogens with zero attached hydrogens (tertiary/aromatic N) is 2. The quantitative estimate of drug-likeness (QED) is 0.452. The summed E-state index contributed by atoms with van der Waals surface area (Å²) in [6.45, 7) is 2.97. The second kappa shape index (κ2) is 5.26. The van der Waals surface area contributed by atoms with Crippen LogP contribution in [0.5, 0.6) is 0 Å². The van der Waals surface area contributed by atoms with Gasteiger partial charge in [0.1, 0.15) is 12.0 Å². The molecule has 1 rings (SSSR count). The summed E-state index contributed by atoms with van der Waals surface area (Å²) < 4.78 is 4.87. The largest absolute Gasteiger partial charge is 0.383 e. The highest BCUT2D eigenvalue weighted by Crippen LogP contribution is 2.17. The number of nitro groups is 1. The lowest BCUT2D eigenvalue weighted by atomic mass is 10.2. The maximum absolute atomic E-state index is 10.4. The molecule has 6 nitrogen and oxygen atoms in total. The molecule has 1 heterocycles. The van der Waals surface area contributed by atoms with Crippen molar-refractivity contribution >= 4 is 11.5 Å². The lowest BCUT2D eigenvalue weighted by molar-refractivity contribution is -0.385. The van der Waals surface area contributed by atoms with Crippen LogP contribution in [-0.2, 0) is 4.74 Å². The number of ether oxygens (including phenoxy) is 1. The molecule has 15 heavy (non-hydrogen) atoms. The van der Waals surface area contributed by atoms with Crippen molar-refractivity contribution in [1.29, 1.82) is 0 Å². The van der Waals surface area contributed by atoms with Crippen molar-refractivity contribution in [2.45, 2.75) is 6.92 Å². The first-order chi connectivity index (χ1) is 7.15. The summed E-state index contributed by atoms with van der Waals surface area (Å²) >= 11 is 0. The van der Waals surface area contributed by atoms with Gasteiger partial charge in [-0.1, -0.05) is 0 Å². The number of anilines is 1. The number of aryl methyl sites for hydroxylation is 1. The molecule has 0 bridgehead atoms. The monoisotopic (exact) mass is 211 g/mol. The van der Waals surface area contributed by atoms with Gasteiger partial charge in [0.25, 0.3) is 5.69 Å². The Labute approximate surface area is 87.4 Å². The van der Waals surface area contributed by atoms with Crippen LogP contribution in [0.2, 0.25) is 0 Å². The van der Waals surface area contributed by atoms with E-state index in [0.29, 0.717) is 19.0 Å². The van der Waals surface area contributed by atoms with Crippen molar-refractivity contribution < 1.29 is 9.66 Å². The van der Waals surface area contributed by atoms with E-state index in [9.17, 15) is 10.1 Å². The average Bonchev–Trinajstić information content (AvgIpc) is 2.20. The Bertz CT molecular complexity index is 354. The van der Waals surface area contributed by atoms with E-state index in [4.69, 9.17) is 4.74 Å². The molecule has 0 unspecified atom stereocenters. The third kappa shape index (κ3) is 3.17. The van der Waals surface area contributed by atoms with Crippen LogP contribution in [-0.4, -0.2) is 30.2 Å². The van der Waals surface area contributed by atoms with Crippen LogP contribution >= 0.6 is 0 Å². The van der Waals surface area contributed by atoms with E-state index in [2.05, 4.69) is 10.3 Å². The van der Waals surface area contributed by atoms with E-state index in [-0.39, 0.29) is 5.69 Å². The Morgan fingerprint density at radius 3 is 2.93 bits per heavy atom. The fourth-order valence-corrected chi connectivity index (χ4v) is 1.12. The summed E-state index contributed by atoms with van der Waals surface area (Å²) in [6.07, 6.45) is 1.24. The van der Waals surface area contributed by atoms with Crippen LogP contribution in [0, 0.1) is 17.0 Å². The van der Waals surface area contributed by atoms with Gasteiger partial charge in [0.05, 0.1) is 11.5 Å². The Kier molecular flexibility index (Phi) is 3.99. The van der Waals surface area contributed by atoms with Crippen molar-refractivity contribution in [3.63, 3.8) is 0 Å². The molecule has 1 aromatic heterocycles. The van der Waals surface area contributed by atoms with Crippen LogP contribution in [0.3, 0.4) is 0 Å². The molecule has 0 aliphatic carbocycles. The van der Waals surface area contributed by atoms with Gasteiger partial charge in [0, 0.05) is 19.7 Å². The summed E-state index contributed by atoms with van der Waals surface area (Å²) in [7, 11) is 1.61. The average molecular weight is 211 g/mol. The zero-order valence-corrected chi connectivity index (χ0v) is 8.69. The highest BCUT2D eigenvalue weighted by molar-refractivity contribution is 5.48. The fourth-order valence-electron chi connectivity index (χ4n) is 1.12. The minimum Gasteiger partial charge on any atom is -0.383 e. The van der Waals surface area contributed by atoms with Gasteiger partial charge >= 0.3 is 0 Å². The van der Waals surface area contributed by atoms with E-state index in [0.717, 1.165) is 5.56 Å². The zero-order valence-electron chi connectivity index (χ0n) is 8.69. The van der Waals surface area contributed by atoms with Gasteiger partial charge in [-0.3, -0.25) is 10.1 Å². The molecular formula is C9H13N3O3. The Hall–Kier alpha value is -1.69. The molecule has 0 atom stereocenters. The summed E-state index contributed by atoms with van der Waals surface area (Å²) in [5.74, 6) is 0.651. The van der Waals surface area contributed by atoms with Crippen LogP contribution in [0.4, 0.5) is 11.5 Å². The third-order valence-corrected chi connectivity index (χ3v) is 1.87. The van der Waals surface area contributed by atoms with Crippen molar-refractivity contribution in [3.05, 3.63) is 27.9 Å². The lowest BCUT2D eigenvalue weighted by Gasteiger charge is -2.06. The Morgan fingerprint density at radius 1 is 1.67 bits per heavy atom. The maximum Gasteiger partial charge on any atom is 0.287 e. The zero-order chi connectivity index (χ0) is 11.3. The second-order valence-corrected chi connectivity index (χ2v) is 3.04. The Morgan fingerprint density at radius 2 is 2.40 bits per heavy atom. The van der Waals surface area contributed by atoms with Crippen LogP contribution in [0.15, 0.2) is 12.3 Å². The van der Waals surface area contributed by atoms with Crippen molar-refractivity contribution in [2.75, 3.05) is 25.6 Å². The second-order valence-electron chi connectivity index (χ2n) is 3.04. The predicted molar refractivity (Wildman–Crippen MR) is 56.0 cm³/mol. The number of aromatic nitrogens is 1. The van der Waals surface area contributed by atoms with E-state index in [1.165, 1.54) is 12.3 Å². The van der Waals surface area contributed by atoms with Gasteiger partial charge in [0.15, 0.2) is 0 Å². The highest BCUT2D eigenvalue weighted by Gasteiger charge is 2.08. The lowest BCUT2D eigenvalue weighted by Crippen LogP contribution is -2.10. The molecular weight excluding hydrogens is 198 g/mol. The van der Waals surface area contributed by atoms with Crippen molar-refractivity contribution in [2.24, 2.45) is 0 Å². The third-order valence-electron chi connectivity index (χ3n) is 1.87. The number of hydrogen-bond donors (Lipinski definition) is 1. The van der Waals surface area contributed by atoms with Gasteiger partial charge in [0.2, 0.25) is 0 Å². The van der Waals surface area contributed by atoms with Crippen LogP contribution in [0.1, 0.15) is 5.56 Å². The molecule has 1 N–H and O–H groups in total. The van der Waals surface area contributed by atoms with Gasteiger partial charge in [-0.25, -0.2) is 4.98 Å². The summed E-state index contributed by atoms with van der Waals surface area (Å²) in [5.41, 5.74) is 0.755. The number of methoxy groups -OCH3 is 1. The molecule has 0 spiro atoms. The normalized spacial score (nSPS) is 10.0. The smallest absolute Gasteiger partial charge is 0.287 e. The summed E-state index contributed by atoms with van der Waals surface area (Å²) in [5, 5.41) is 13.5. The molecule has 82 valence electrons. The topological polar surface area (TPSA) is 77.3 Å². The Balaban J connectivity index is 2.70. The molecule has 0 amide bonds. The van der Waals surface area contributed by atoms with Crippen molar-refractivity contribution in [3.8, 4) is 0 Å². The number of nitrogens with one attached hydrogen (secondary N) is 1. The molecule has 0 aromatic carbocycles. The first-order valence-electron chi connectivity index (χ1n) is 4.49. The first kappa shape index (κ1) is 11.4. The van der Waals surface area contributed by atoms with Gasteiger partial charge < -0.3 is 10.1 Å². The predicted octanol–water partition coefficient (Wildman–Crippen LogP) is 1.36. The maximum atomic E-state index is 10.4. The highest BCUT2D eigenvalue weighted by atomic mass is 16.6. The number of pyridine rings is 1. The van der Waals surface area contributed by atoms with E-state index in [1.807, 2.05) is 0 Å². The molecule has 1 aromatic rings. The number of rotatable bonds is 5. The van der Waals surface area contributed by atoms with E-state index < -0.39 is 4.92 Å². The van der Waals surface area contributed by atoms with Gasteiger partial charge in [-0.15, -0.1) is 0 Å². The van der Waals surface area contributed by atoms with E-state index in [1.54, 1.807) is 14.0 Å². The summed E-state index contributed by atoms with van der Waals surface area (Å²) in [4.78, 5) is 14.0. The molecule has 0 fully saturated rings. The summed E-state index contributed by atoms with van der Waals surface area (Å²) in [6, 6.07) is 1.49. The standard InChI is InChI=1S/C9H13N3O3/c1-7-5-8(12(13)14)6-11-9(7)10-3-4-15-2/h5-6H,3-4H2,1-2H3,(H,10,11). The molecule has 6 heteroatoms. The molecule has 0 saturated heterocycles. The van der Waals surface area contributed by atoms with Crippen LogP contribution < -0.4 is 5.32 Å². The van der Waals surface area contributed by atoms with Crippen LogP contribution in [0.25, 0.3) is 0 Å². The molecule has 0 radical (unpaired) electrons. The van der Waals surface area contributed by atoms with Gasteiger partial charge in [-0.05, 0) is 12.5 Å². The molecule has 0 aliphatic rings. The van der Waals surface area contributed by atoms with Crippen molar-refractivity contribution in [1.82, 2.24) is 4.98 Å². The fraction of sp³-hybridized carbons (Fsp3) is 0.444. The van der Waals surface area contributed by atoms with Gasteiger partial charge in [-0.2, -0.15) is 0 Å². The number of hydrogen-bond acceptors (Lipinski definition) is 5. The minimum atomic E-state index is -0.459. The first-order valence-corrected chi connectivity index (χ1v) is 4.49. The molecule has 0 aliphatic heterocycles. The minimum absolute atomic E-state index is 0.00444. The van der Waals surface area contributed by atoms with E-state index >= 15 is 0 Å². The molecule has 0 saturated carbocycles. The SMILES string of the molecule is COCCNc1ncc([N+](=O)[O-])cc1C.